The number of benzene rings is 3. The molecule has 1 saturated heterocycles. The lowest BCUT2D eigenvalue weighted by Crippen LogP contribution is -2.49. The Kier molecular flexibility index (Phi) is 8.90. The Balaban J connectivity index is 1.40. The van der Waals surface area contributed by atoms with Crippen LogP contribution < -0.4 is 10.2 Å². The van der Waals surface area contributed by atoms with E-state index in [2.05, 4.69) is 10.3 Å². The maximum atomic E-state index is 15.1. The summed E-state index contributed by atoms with van der Waals surface area (Å²) >= 11 is 6.41. The molecule has 1 unspecified atom stereocenters. The highest BCUT2D eigenvalue weighted by atomic mass is 35.5. The van der Waals surface area contributed by atoms with Gasteiger partial charge in [0.1, 0.15) is 23.2 Å². The number of nitrogens with zero attached hydrogens (tertiary/aromatic N) is 3. The molecule has 0 saturated carbocycles. The quantitative estimate of drug-likeness (QED) is 0.241. The molecule has 45 heavy (non-hydrogen) atoms. The van der Waals surface area contributed by atoms with Crippen LogP contribution in [0.5, 0.6) is 0 Å². The van der Waals surface area contributed by atoms with Gasteiger partial charge in [0, 0.05) is 46.4 Å². The number of aliphatic carboxylic acids is 1. The highest BCUT2D eigenvalue weighted by Gasteiger charge is 2.43. The van der Waals surface area contributed by atoms with Crippen molar-refractivity contribution in [3.05, 3.63) is 94.1 Å². The number of fused-ring (bicyclic) bond motifs is 1. The molecule has 5 rings (SSSR count). The molecule has 8 nitrogen and oxygen atoms in total. The van der Waals surface area contributed by atoms with Crippen molar-refractivity contribution in [3.63, 3.8) is 0 Å². The van der Waals surface area contributed by atoms with Crippen LogP contribution in [0.1, 0.15) is 21.5 Å². The number of ether oxygens (including phenoxy) is 1. The first-order valence-electron chi connectivity index (χ1n) is 13.4. The second-order valence-corrected chi connectivity index (χ2v) is 10.6. The zero-order chi connectivity index (χ0) is 32.5. The summed E-state index contributed by atoms with van der Waals surface area (Å²) in [6.45, 7) is -1.10. The van der Waals surface area contributed by atoms with Gasteiger partial charge in [0.15, 0.2) is 6.10 Å². The lowest BCUT2D eigenvalue weighted by Gasteiger charge is -2.35. The normalized spacial score (nSPS) is 15.8. The highest BCUT2D eigenvalue weighted by Crippen LogP contribution is 2.35. The van der Waals surface area contributed by atoms with Crippen molar-refractivity contribution in [3.8, 4) is 17.2 Å². The van der Waals surface area contributed by atoms with E-state index in [0.717, 1.165) is 17.0 Å². The van der Waals surface area contributed by atoms with E-state index in [-0.39, 0.29) is 25.3 Å². The third-order valence-electron chi connectivity index (χ3n) is 7.33. The van der Waals surface area contributed by atoms with Gasteiger partial charge in [-0.2, -0.15) is 18.4 Å². The summed E-state index contributed by atoms with van der Waals surface area (Å²) in [4.78, 5) is 30.6. The Morgan fingerprint density at radius 3 is 2.49 bits per heavy atom. The van der Waals surface area contributed by atoms with E-state index in [1.165, 1.54) is 12.3 Å². The molecule has 1 aromatic heterocycles. The van der Waals surface area contributed by atoms with Gasteiger partial charge < -0.3 is 20.1 Å². The van der Waals surface area contributed by atoms with Gasteiger partial charge >= 0.3 is 12.1 Å². The molecular weight excluding hydrogens is 623 g/mol. The Morgan fingerprint density at radius 1 is 1.13 bits per heavy atom. The van der Waals surface area contributed by atoms with Crippen molar-refractivity contribution in [2.75, 3.05) is 24.6 Å². The number of rotatable bonds is 7. The summed E-state index contributed by atoms with van der Waals surface area (Å²) in [7, 11) is 0. The number of carboxylic acids is 1. The minimum atomic E-state index is -4.68. The predicted octanol–water partition coefficient (Wildman–Crippen LogP) is 5.90. The van der Waals surface area contributed by atoms with Crippen LogP contribution in [-0.2, 0) is 16.0 Å². The molecule has 0 spiro atoms. The summed E-state index contributed by atoms with van der Waals surface area (Å²) in [6.07, 6.45) is -5.60. The number of hydrogen-bond acceptors (Lipinski definition) is 6. The highest BCUT2D eigenvalue weighted by molar-refractivity contribution is 6.33. The molecule has 0 radical (unpaired) electrons. The number of carbonyl (C=O) groups excluding carboxylic acids is 1. The number of pyridine rings is 1. The first kappa shape index (κ1) is 31.6. The standard InChI is InChI=1S/C31H22ClF5N4O4/c32-22-10-16(14-38)3-5-20(22)21-6-4-17(19-2-1-7-39-28(19)21)11-25(30(43)44)40-29(42)27-23(33)12-18(13-24(27)34)41-8-9-45-26(15-41)31(35,36)37/h1-7,10,12-13,25-26H,8-9,11,15H2,(H,40,42)(H,43,44)/t25?,26-/m0/s1. The summed E-state index contributed by atoms with van der Waals surface area (Å²) in [5, 5.41) is 22.0. The number of hydrogen-bond donors (Lipinski definition) is 2. The minimum Gasteiger partial charge on any atom is -0.480 e. The Hall–Kier alpha value is -4.80. The summed E-state index contributed by atoms with van der Waals surface area (Å²) in [5.41, 5.74) is 1.14. The number of carboxylic acid groups (broad SMARTS) is 1. The molecule has 2 N–H and O–H groups in total. The Labute approximate surface area is 257 Å². The minimum absolute atomic E-state index is 0.0723. The number of nitriles is 1. The van der Waals surface area contributed by atoms with Crippen LogP contribution >= 0.6 is 11.6 Å². The van der Waals surface area contributed by atoms with Crippen molar-refractivity contribution in [2.24, 2.45) is 0 Å². The van der Waals surface area contributed by atoms with Crippen LogP contribution in [0, 0.1) is 23.0 Å². The summed E-state index contributed by atoms with van der Waals surface area (Å²) in [5.74, 6) is -5.59. The fourth-order valence-corrected chi connectivity index (χ4v) is 5.40. The van der Waals surface area contributed by atoms with Gasteiger partial charge in [-0.3, -0.25) is 9.78 Å². The van der Waals surface area contributed by atoms with E-state index in [4.69, 9.17) is 21.6 Å². The average Bonchev–Trinajstić information content (AvgIpc) is 3.00. The van der Waals surface area contributed by atoms with Gasteiger partial charge in [0.05, 0.1) is 30.3 Å². The largest absolute Gasteiger partial charge is 0.480 e. The molecule has 1 aliphatic heterocycles. The maximum Gasteiger partial charge on any atom is 0.416 e. The van der Waals surface area contributed by atoms with Gasteiger partial charge in [-0.1, -0.05) is 35.9 Å². The summed E-state index contributed by atoms with van der Waals surface area (Å²) in [6, 6.07) is 13.1. The van der Waals surface area contributed by atoms with Crippen LogP contribution in [-0.4, -0.2) is 60.0 Å². The molecule has 2 atom stereocenters. The van der Waals surface area contributed by atoms with Crippen molar-refractivity contribution in [1.29, 1.82) is 5.26 Å². The van der Waals surface area contributed by atoms with Crippen LogP contribution in [0.2, 0.25) is 5.02 Å². The zero-order valence-electron chi connectivity index (χ0n) is 23.0. The van der Waals surface area contributed by atoms with Crippen LogP contribution in [0.15, 0.2) is 60.8 Å². The van der Waals surface area contributed by atoms with E-state index in [9.17, 15) is 27.9 Å². The number of nitrogens with one attached hydrogen (secondary N) is 1. The zero-order valence-corrected chi connectivity index (χ0v) is 23.8. The van der Waals surface area contributed by atoms with Crippen molar-refractivity contribution < 1.29 is 41.4 Å². The van der Waals surface area contributed by atoms with Crippen LogP contribution in [0.4, 0.5) is 27.6 Å². The fourth-order valence-electron chi connectivity index (χ4n) is 5.12. The second-order valence-electron chi connectivity index (χ2n) is 10.2. The number of carbonyl (C=O) groups is 2. The summed E-state index contributed by atoms with van der Waals surface area (Å²) < 4.78 is 74.1. The van der Waals surface area contributed by atoms with Crippen molar-refractivity contribution >= 4 is 40.1 Å². The van der Waals surface area contributed by atoms with E-state index in [1.807, 2.05) is 6.07 Å². The number of halogens is 6. The van der Waals surface area contributed by atoms with E-state index >= 15 is 8.78 Å². The Morgan fingerprint density at radius 2 is 1.84 bits per heavy atom. The Bertz CT molecular complexity index is 1820. The van der Waals surface area contributed by atoms with Crippen molar-refractivity contribution in [2.45, 2.75) is 24.7 Å². The van der Waals surface area contributed by atoms with Gasteiger partial charge in [-0.15, -0.1) is 0 Å². The van der Waals surface area contributed by atoms with Crippen LogP contribution in [0.25, 0.3) is 22.0 Å². The van der Waals surface area contributed by atoms with E-state index < -0.39 is 53.9 Å². The smallest absolute Gasteiger partial charge is 0.416 e. The fraction of sp³-hybridized carbons (Fsp3) is 0.226. The third kappa shape index (κ3) is 6.67. The average molecular weight is 645 g/mol. The third-order valence-corrected chi connectivity index (χ3v) is 7.64. The second kappa shape index (κ2) is 12.7. The lowest BCUT2D eigenvalue weighted by atomic mass is 9.94. The number of morpholine rings is 1. The van der Waals surface area contributed by atoms with Gasteiger partial charge in [-0.25, -0.2) is 13.6 Å². The van der Waals surface area contributed by atoms with Crippen LogP contribution in [0.3, 0.4) is 0 Å². The number of aromatic nitrogens is 1. The molecule has 1 amide bonds. The molecule has 1 fully saturated rings. The molecule has 4 aromatic rings. The number of amides is 1. The van der Waals surface area contributed by atoms with Crippen molar-refractivity contribution in [1.82, 2.24) is 10.3 Å². The van der Waals surface area contributed by atoms with Gasteiger partial charge in [-0.05, 0) is 35.9 Å². The molecule has 3 aromatic carbocycles. The molecular formula is C31H22ClF5N4O4. The molecule has 2 heterocycles. The molecule has 232 valence electrons. The van der Waals surface area contributed by atoms with E-state index in [0.29, 0.717) is 38.2 Å². The molecule has 0 bridgehead atoms. The predicted molar refractivity (Wildman–Crippen MR) is 154 cm³/mol. The van der Waals surface area contributed by atoms with Gasteiger partial charge in [0.2, 0.25) is 0 Å². The topological polar surface area (TPSA) is 116 Å². The molecule has 1 aliphatic rings. The first-order valence-corrected chi connectivity index (χ1v) is 13.8. The first-order chi connectivity index (χ1) is 21.4. The maximum absolute atomic E-state index is 15.1. The molecule has 0 aliphatic carbocycles. The monoisotopic (exact) mass is 644 g/mol. The SMILES string of the molecule is N#Cc1ccc(-c2ccc(CC(NC(=O)c3c(F)cc(N4CCO[C@H](C(F)(F)F)C4)cc3F)C(=O)O)c3cccnc23)c(Cl)c1. The molecule has 14 heteroatoms. The van der Waals surface area contributed by atoms with E-state index in [1.54, 1.807) is 36.4 Å². The lowest BCUT2D eigenvalue weighted by molar-refractivity contribution is -0.221. The number of alkyl halides is 3. The van der Waals surface area contributed by atoms with Gasteiger partial charge in [0.25, 0.3) is 5.91 Å². The number of anilines is 1.